The fourth-order valence-corrected chi connectivity index (χ4v) is 3.70. The van der Waals surface area contributed by atoms with Crippen molar-refractivity contribution in [2.24, 2.45) is 0 Å². The molecule has 0 fully saturated rings. The number of carbonyl (C=O) groups is 5. The molecular weight excluding hydrogens is 434 g/mol. The molecule has 0 spiro atoms. The predicted octanol–water partition coefficient (Wildman–Crippen LogP) is 4.43. The first kappa shape index (κ1) is 22.8. The molecule has 0 N–H and O–H groups in total. The van der Waals surface area contributed by atoms with E-state index in [1.807, 2.05) is 6.92 Å². The van der Waals surface area contributed by atoms with Gasteiger partial charge < -0.3 is 4.74 Å². The molecule has 3 aromatic carbocycles. The Hall–Kier alpha value is -4.39. The van der Waals surface area contributed by atoms with Crippen molar-refractivity contribution in [1.82, 2.24) is 0 Å². The number of benzene rings is 3. The summed E-state index contributed by atoms with van der Waals surface area (Å²) in [6, 6.07) is 17.2. The Morgan fingerprint density at radius 2 is 1.44 bits per heavy atom. The number of ether oxygens (including phenoxy) is 1. The van der Waals surface area contributed by atoms with Gasteiger partial charge in [0.2, 0.25) is 5.78 Å². The number of anilines is 1. The number of Topliss-reactive ketones (excluding diaryl/α,β-unsaturated/α-hetero) is 2. The van der Waals surface area contributed by atoms with Crippen LogP contribution >= 0.6 is 0 Å². The van der Waals surface area contributed by atoms with Gasteiger partial charge in [0.1, 0.15) is 0 Å². The van der Waals surface area contributed by atoms with E-state index >= 15 is 0 Å². The minimum Gasteiger partial charge on any atom is -0.451 e. The topological polar surface area (TPSA) is 97.8 Å². The maximum Gasteiger partial charge on any atom is 0.338 e. The second kappa shape index (κ2) is 8.86. The minimum atomic E-state index is -1.04. The Balaban J connectivity index is 1.55. The molecule has 0 bridgehead atoms. The molecule has 1 aliphatic rings. The van der Waals surface area contributed by atoms with Gasteiger partial charge >= 0.3 is 5.97 Å². The zero-order valence-electron chi connectivity index (χ0n) is 18.8. The fourth-order valence-electron chi connectivity index (χ4n) is 3.70. The molecule has 1 atom stereocenters. The van der Waals surface area contributed by atoms with Crippen molar-refractivity contribution in [3.63, 3.8) is 0 Å². The van der Waals surface area contributed by atoms with Gasteiger partial charge in [-0.25, -0.2) is 9.69 Å². The Morgan fingerprint density at radius 1 is 0.794 bits per heavy atom. The first-order chi connectivity index (χ1) is 16.2. The molecule has 0 aliphatic carbocycles. The average molecular weight is 455 g/mol. The highest BCUT2D eigenvalue weighted by atomic mass is 16.5. The van der Waals surface area contributed by atoms with Gasteiger partial charge in [0.05, 0.1) is 22.4 Å². The van der Waals surface area contributed by atoms with Gasteiger partial charge in [0.25, 0.3) is 11.8 Å². The lowest BCUT2D eigenvalue weighted by molar-refractivity contribution is 0.0318. The summed E-state index contributed by atoms with van der Waals surface area (Å²) in [6.45, 7) is 4.77. The standard InChI is InChI=1S/C27H21NO6/c1-15-7-9-18(10-8-15)24(30)17(3)34-27(33)20-11-12-22-23(14-20)26(32)28(25(22)31)21-6-4-5-19(13-21)16(2)29/h4-14,17H,1-3H3/t17-/m0/s1. The van der Waals surface area contributed by atoms with E-state index < -0.39 is 23.9 Å². The van der Waals surface area contributed by atoms with E-state index in [0.29, 0.717) is 11.1 Å². The molecule has 1 aliphatic heterocycles. The number of aryl methyl sites for hydroxylation is 1. The molecule has 1 heterocycles. The number of hydrogen-bond acceptors (Lipinski definition) is 6. The molecule has 7 heteroatoms. The third-order valence-electron chi connectivity index (χ3n) is 5.62. The first-order valence-electron chi connectivity index (χ1n) is 10.6. The monoisotopic (exact) mass is 455 g/mol. The van der Waals surface area contributed by atoms with Gasteiger partial charge in [0.15, 0.2) is 11.9 Å². The lowest BCUT2D eigenvalue weighted by Gasteiger charge is -2.14. The van der Waals surface area contributed by atoms with Crippen molar-refractivity contribution in [2.45, 2.75) is 26.9 Å². The van der Waals surface area contributed by atoms with E-state index in [9.17, 15) is 24.0 Å². The maximum atomic E-state index is 13.0. The number of nitrogens with zero attached hydrogens (tertiary/aromatic N) is 1. The molecule has 3 aromatic rings. The highest BCUT2D eigenvalue weighted by molar-refractivity contribution is 6.34. The van der Waals surface area contributed by atoms with Crippen LogP contribution in [0, 0.1) is 6.92 Å². The van der Waals surface area contributed by atoms with Gasteiger partial charge in [0, 0.05) is 11.1 Å². The highest BCUT2D eigenvalue weighted by Crippen LogP contribution is 2.30. The van der Waals surface area contributed by atoms with E-state index in [2.05, 4.69) is 0 Å². The first-order valence-corrected chi connectivity index (χ1v) is 10.6. The van der Waals surface area contributed by atoms with Gasteiger partial charge in [-0.1, -0.05) is 42.0 Å². The summed E-state index contributed by atoms with van der Waals surface area (Å²) >= 11 is 0. The van der Waals surface area contributed by atoms with Crippen molar-refractivity contribution < 1.29 is 28.7 Å². The lowest BCUT2D eigenvalue weighted by Crippen LogP contribution is -2.29. The highest BCUT2D eigenvalue weighted by Gasteiger charge is 2.37. The van der Waals surface area contributed by atoms with Crippen LogP contribution in [-0.4, -0.2) is 35.5 Å². The smallest absolute Gasteiger partial charge is 0.338 e. The molecule has 0 aromatic heterocycles. The quantitative estimate of drug-likeness (QED) is 0.310. The molecule has 170 valence electrons. The number of esters is 1. The SMILES string of the molecule is CC(=O)c1cccc(N2C(=O)c3ccc(C(=O)O[C@@H](C)C(=O)c4ccc(C)cc4)cc3C2=O)c1. The second-order valence-electron chi connectivity index (χ2n) is 8.09. The zero-order valence-corrected chi connectivity index (χ0v) is 18.8. The van der Waals surface area contributed by atoms with Crippen LogP contribution in [0.25, 0.3) is 0 Å². The normalized spacial score (nSPS) is 13.4. The molecule has 7 nitrogen and oxygen atoms in total. The number of hydrogen-bond donors (Lipinski definition) is 0. The molecular formula is C27H21NO6. The number of carbonyl (C=O) groups excluding carboxylic acids is 5. The van der Waals surface area contributed by atoms with Crippen LogP contribution in [0.3, 0.4) is 0 Å². The van der Waals surface area contributed by atoms with E-state index in [0.717, 1.165) is 10.5 Å². The summed E-state index contributed by atoms with van der Waals surface area (Å²) in [5.41, 5.74) is 2.28. The van der Waals surface area contributed by atoms with Crippen molar-refractivity contribution in [1.29, 1.82) is 0 Å². The Morgan fingerprint density at radius 3 is 2.12 bits per heavy atom. The Labute approximate surface area is 196 Å². The predicted molar refractivity (Wildman–Crippen MR) is 124 cm³/mol. The summed E-state index contributed by atoms with van der Waals surface area (Å²) in [6.07, 6.45) is -1.04. The van der Waals surface area contributed by atoms with Crippen molar-refractivity contribution in [3.8, 4) is 0 Å². The Bertz CT molecular complexity index is 1360. The van der Waals surface area contributed by atoms with Crippen LogP contribution in [0.1, 0.15) is 71.2 Å². The third kappa shape index (κ3) is 4.15. The minimum absolute atomic E-state index is 0.0443. The number of rotatable bonds is 6. The molecule has 34 heavy (non-hydrogen) atoms. The molecule has 0 saturated carbocycles. The van der Waals surface area contributed by atoms with Crippen LogP contribution in [0.2, 0.25) is 0 Å². The zero-order chi connectivity index (χ0) is 24.6. The number of imide groups is 1. The molecule has 0 unspecified atom stereocenters. The van der Waals surface area contributed by atoms with Crippen LogP contribution in [0.4, 0.5) is 5.69 Å². The van der Waals surface area contributed by atoms with Crippen LogP contribution in [0.15, 0.2) is 66.7 Å². The van der Waals surface area contributed by atoms with Gasteiger partial charge in [-0.05, 0) is 51.1 Å². The number of amides is 2. The van der Waals surface area contributed by atoms with Gasteiger partial charge in [-0.3, -0.25) is 19.2 Å². The van der Waals surface area contributed by atoms with E-state index in [1.54, 1.807) is 42.5 Å². The lowest BCUT2D eigenvalue weighted by atomic mass is 10.0. The molecule has 2 amide bonds. The van der Waals surface area contributed by atoms with Crippen LogP contribution < -0.4 is 4.90 Å². The van der Waals surface area contributed by atoms with Crippen molar-refractivity contribution >= 4 is 35.0 Å². The summed E-state index contributed by atoms with van der Waals surface area (Å²) in [5, 5.41) is 0. The van der Waals surface area contributed by atoms with Crippen LogP contribution in [0.5, 0.6) is 0 Å². The van der Waals surface area contributed by atoms with Crippen molar-refractivity contribution in [3.05, 3.63) is 100 Å². The molecule has 4 rings (SSSR count). The number of fused-ring (bicyclic) bond motifs is 1. The fraction of sp³-hybridized carbons (Fsp3) is 0.148. The van der Waals surface area contributed by atoms with Gasteiger partial charge in [-0.2, -0.15) is 0 Å². The van der Waals surface area contributed by atoms with E-state index in [1.165, 1.54) is 38.1 Å². The second-order valence-corrected chi connectivity index (χ2v) is 8.09. The molecule has 0 radical (unpaired) electrons. The molecule has 0 saturated heterocycles. The summed E-state index contributed by atoms with van der Waals surface area (Å²) < 4.78 is 5.32. The summed E-state index contributed by atoms with van der Waals surface area (Å²) in [7, 11) is 0. The number of ketones is 2. The van der Waals surface area contributed by atoms with Crippen molar-refractivity contribution in [2.75, 3.05) is 4.90 Å². The maximum absolute atomic E-state index is 13.0. The largest absolute Gasteiger partial charge is 0.451 e. The Kier molecular flexibility index (Phi) is 5.94. The van der Waals surface area contributed by atoms with Crippen LogP contribution in [-0.2, 0) is 4.74 Å². The third-order valence-corrected chi connectivity index (χ3v) is 5.62. The van der Waals surface area contributed by atoms with E-state index in [4.69, 9.17) is 4.74 Å². The van der Waals surface area contributed by atoms with Gasteiger partial charge in [-0.15, -0.1) is 0 Å². The average Bonchev–Trinajstić information content (AvgIpc) is 3.08. The summed E-state index contributed by atoms with van der Waals surface area (Å²) in [5.74, 6) is -2.49. The van der Waals surface area contributed by atoms with E-state index in [-0.39, 0.29) is 33.9 Å². The summed E-state index contributed by atoms with van der Waals surface area (Å²) in [4.78, 5) is 63.8.